The lowest BCUT2D eigenvalue weighted by molar-refractivity contribution is 0.0765. The van der Waals surface area contributed by atoms with Crippen LogP contribution in [0.3, 0.4) is 0 Å². The summed E-state index contributed by atoms with van der Waals surface area (Å²) in [4.78, 5) is 14.3. The predicted molar refractivity (Wildman–Crippen MR) is 76.7 cm³/mol. The van der Waals surface area contributed by atoms with Gasteiger partial charge in [0.1, 0.15) is 0 Å². The van der Waals surface area contributed by atoms with Gasteiger partial charge in [-0.2, -0.15) is 5.10 Å². The minimum absolute atomic E-state index is 0.00954. The number of nitrogens with zero attached hydrogens (tertiary/aromatic N) is 3. The average Bonchev–Trinajstić information content (AvgIpc) is 2.86. The lowest BCUT2D eigenvalue weighted by Gasteiger charge is -2.20. The van der Waals surface area contributed by atoms with Crippen LogP contribution in [0.15, 0.2) is 30.6 Å². The summed E-state index contributed by atoms with van der Waals surface area (Å²) in [7, 11) is 0. The van der Waals surface area contributed by atoms with Gasteiger partial charge < -0.3 is 4.90 Å². The molecule has 1 amide bonds. The number of unbranched alkanes of at least 4 members (excludes halogenated alkanes) is 1. The van der Waals surface area contributed by atoms with E-state index in [4.69, 9.17) is 11.6 Å². The van der Waals surface area contributed by atoms with Crippen LogP contribution in [-0.2, 0) is 0 Å². The zero-order chi connectivity index (χ0) is 13.7. The SMILES string of the molecule is CCCCN(CCCl)C(=O)c1cnn2ccccc12. The molecule has 0 N–H and O–H groups in total. The number of fused-ring (bicyclic) bond motifs is 1. The fraction of sp³-hybridized carbons (Fsp3) is 0.429. The first kappa shape index (κ1) is 13.9. The third-order valence-corrected chi connectivity index (χ3v) is 3.25. The summed E-state index contributed by atoms with van der Waals surface area (Å²) < 4.78 is 1.71. The van der Waals surface area contributed by atoms with Crippen LogP contribution >= 0.6 is 11.6 Å². The van der Waals surface area contributed by atoms with Crippen molar-refractivity contribution in [1.82, 2.24) is 14.5 Å². The number of alkyl halides is 1. The minimum Gasteiger partial charge on any atom is -0.337 e. The Kier molecular flexibility index (Phi) is 4.80. The number of amides is 1. The zero-order valence-electron chi connectivity index (χ0n) is 11.1. The first-order valence-corrected chi connectivity index (χ1v) is 7.09. The van der Waals surface area contributed by atoms with Gasteiger partial charge in [-0.25, -0.2) is 4.52 Å². The molecular weight excluding hydrogens is 262 g/mol. The molecule has 19 heavy (non-hydrogen) atoms. The number of aromatic nitrogens is 2. The Morgan fingerprint density at radius 2 is 2.26 bits per heavy atom. The number of rotatable bonds is 6. The van der Waals surface area contributed by atoms with Crippen LogP contribution in [0.2, 0.25) is 0 Å². The number of hydrogen-bond donors (Lipinski definition) is 0. The molecule has 4 nitrogen and oxygen atoms in total. The van der Waals surface area contributed by atoms with Gasteiger partial charge in [0.2, 0.25) is 0 Å². The highest BCUT2D eigenvalue weighted by Gasteiger charge is 2.18. The standard InChI is InChI=1S/C14H18ClN3O/c1-2-3-8-17(10-7-15)14(19)12-11-16-18-9-5-4-6-13(12)18/h4-6,9,11H,2-3,7-8,10H2,1H3. The molecule has 2 aromatic rings. The zero-order valence-corrected chi connectivity index (χ0v) is 11.8. The van der Waals surface area contributed by atoms with E-state index >= 15 is 0 Å². The van der Waals surface area contributed by atoms with Gasteiger partial charge in [0, 0.05) is 25.2 Å². The topological polar surface area (TPSA) is 37.6 Å². The summed E-state index contributed by atoms with van der Waals surface area (Å²) in [5.74, 6) is 0.463. The van der Waals surface area contributed by atoms with Gasteiger partial charge in [-0.3, -0.25) is 4.79 Å². The van der Waals surface area contributed by atoms with Crippen molar-refractivity contribution in [3.8, 4) is 0 Å². The monoisotopic (exact) mass is 279 g/mol. The van der Waals surface area contributed by atoms with E-state index in [-0.39, 0.29) is 5.91 Å². The lowest BCUT2D eigenvalue weighted by Crippen LogP contribution is -2.33. The third kappa shape index (κ3) is 3.07. The van der Waals surface area contributed by atoms with Gasteiger partial charge in [0.05, 0.1) is 17.3 Å². The predicted octanol–water partition coefficient (Wildman–Crippen LogP) is 2.82. The molecule has 0 aromatic carbocycles. The Hall–Kier alpha value is -1.55. The molecule has 0 aliphatic heterocycles. The molecular formula is C14H18ClN3O. The number of pyridine rings is 1. The number of carbonyl (C=O) groups excluding carboxylic acids is 1. The first-order chi connectivity index (χ1) is 9.27. The maximum absolute atomic E-state index is 12.5. The smallest absolute Gasteiger partial charge is 0.257 e. The van der Waals surface area contributed by atoms with Crippen LogP contribution in [0.25, 0.3) is 5.52 Å². The summed E-state index contributed by atoms with van der Waals surface area (Å²) in [6.07, 6.45) is 5.51. The molecule has 0 bridgehead atoms. The van der Waals surface area contributed by atoms with Gasteiger partial charge in [-0.05, 0) is 18.6 Å². The maximum atomic E-state index is 12.5. The Labute approximate surface area is 118 Å². The lowest BCUT2D eigenvalue weighted by atomic mass is 10.2. The molecule has 2 rings (SSSR count). The Morgan fingerprint density at radius 1 is 1.42 bits per heavy atom. The van der Waals surface area contributed by atoms with E-state index in [1.165, 1.54) is 0 Å². The van der Waals surface area contributed by atoms with Gasteiger partial charge in [-0.1, -0.05) is 19.4 Å². The summed E-state index contributed by atoms with van der Waals surface area (Å²) in [6, 6.07) is 5.70. The van der Waals surface area contributed by atoms with Crippen LogP contribution in [0, 0.1) is 0 Å². The molecule has 102 valence electrons. The van der Waals surface area contributed by atoms with E-state index in [2.05, 4.69) is 12.0 Å². The van der Waals surface area contributed by atoms with Crippen LogP contribution in [-0.4, -0.2) is 39.4 Å². The second-order valence-corrected chi connectivity index (χ2v) is 4.80. The highest BCUT2D eigenvalue weighted by molar-refractivity contribution is 6.18. The van der Waals surface area contributed by atoms with Crippen LogP contribution in [0.5, 0.6) is 0 Å². The van der Waals surface area contributed by atoms with Gasteiger partial charge in [-0.15, -0.1) is 11.6 Å². The van der Waals surface area contributed by atoms with Gasteiger partial charge >= 0.3 is 0 Å². The normalized spacial score (nSPS) is 10.8. The summed E-state index contributed by atoms with van der Waals surface area (Å²) >= 11 is 5.78. The molecule has 0 fully saturated rings. The summed E-state index contributed by atoms with van der Waals surface area (Å²) in [6.45, 7) is 3.43. The molecule has 0 aliphatic carbocycles. The molecule has 0 spiro atoms. The van der Waals surface area contributed by atoms with Crippen molar-refractivity contribution < 1.29 is 4.79 Å². The first-order valence-electron chi connectivity index (χ1n) is 6.55. The molecule has 0 unspecified atom stereocenters. The van der Waals surface area contributed by atoms with Gasteiger partial charge in [0.25, 0.3) is 5.91 Å². The van der Waals surface area contributed by atoms with Crippen molar-refractivity contribution >= 4 is 23.0 Å². The molecule has 2 aromatic heterocycles. The largest absolute Gasteiger partial charge is 0.337 e. The second-order valence-electron chi connectivity index (χ2n) is 4.42. The molecule has 0 saturated carbocycles. The summed E-state index contributed by atoms with van der Waals surface area (Å²) in [5, 5.41) is 4.20. The molecule has 5 heteroatoms. The van der Waals surface area contributed by atoms with E-state index in [9.17, 15) is 4.79 Å². The van der Waals surface area contributed by atoms with Crippen LogP contribution < -0.4 is 0 Å². The van der Waals surface area contributed by atoms with Crippen molar-refractivity contribution in [3.05, 3.63) is 36.2 Å². The van der Waals surface area contributed by atoms with E-state index < -0.39 is 0 Å². The van der Waals surface area contributed by atoms with Crippen LogP contribution in [0.1, 0.15) is 30.1 Å². The molecule has 0 atom stereocenters. The van der Waals surface area contributed by atoms with E-state index in [0.29, 0.717) is 18.0 Å². The van der Waals surface area contributed by atoms with Crippen molar-refractivity contribution in [2.45, 2.75) is 19.8 Å². The number of hydrogen-bond acceptors (Lipinski definition) is 2. The molecule has 0 radical (unpaired) electrons. The second kappa shape index (κ2) is 6.57. The quantitative estimate of drug-likeness (QED) is 0.763. The average molecular weight is 280 g/mol. The van der Waals surface area contributed by atoms with E-state index in [1.807, 2.05) is 24.4 Å². The Balaban J connectivity index is 2.25. The third-order valence-electron chi connectivity index (χ3n) is 3.08. The van der Waals surface area contributed by atoms with Crippen molar-refractivity contribution in [1.29, 1.82) is 0 Å². The van der Waals surface area contributed by atoms with Crippen molar-refractivity contribution in [3.63, 3.8) is 0 Å². The molecule has 2 heterocycles. The highest BCUT2D eigenvalue weighted by Crippen LogP contribution is 2.13. The van der Waals surface area contributed by atoms with Gasteiger partial charge in [0.15, 0.2) is 0 Å². The summed E-state index contributed by atoms with van der Waals surface area (Å²) in [5.41, 5.74) is 1.48. The minimum atomic E-state index is 0.00954. The highest BCUT2D eigenvalue weighted by atomic mass is 35.5. The number of carbonyl (C=O) groups is 1. The van der Waals surface area contributed by atoms with Crippen molar-refractivity contribution in [2.75, 3.05) is 19.0 Å². The molecule has 0 saturated heterocycles. The van der Waals surface area contributed by atoms with Crippen molar-refractivity contribution in [2.24, 2.45) is 0 Å². The Morgan fingerprint density at radius 3 is 3.00 bits per heavy atom. The van der Waals surface area contributed by atoms with E-state index in [0.717, 1.165) is 24.9 Å². The maximum Gasteiger partial charge on any atom is 0.257 e. The fourth-order valence-electron chi connectivity index (χ4n) is 2.04. The number of halogens is 1. The molecule has 0 aliphatic rings. The fourth-order valence-corrected chi connectivity index (χ4v) is 2.24. The van der Waals surface area contributed by atoms with Crippen LogP contribution in [0.4, 0.5) is 0 Å². The van der Waals surface area contributed by atoms with E-state index in [1.54, 1.807) is 15.6 Å². The Bertz CT molecular complexity index is 552.